The molecule has 1 aliphatic carbocycles. The number of amides is 1. The zero-order valence-corrected chi connectivity index (χ0v) is 15.5. The van der Waals surface area contributed by atoms with E-state index < -0.39 is 0 Å². The predicted molar refractivity (Wildman–Crippen MR) is 103 cm³/mol. The van der Waals surface area contributed by atoms with E-state index in [2.05, 4.69) is 11.1 Å². The Hall–Kier alpha value is -2.69. The third kappa shape index (κ3) is 3.87. The zero-order chi connectivity index (χ0) is 18.8. The van der Waals surface area contributed by atoms with E-state index in [9.17, 15) is 9.18 Å². The van der Waals surface area contributed by atoms with E-state index in [1.165, 1.54) is 12.1 Å². The molecule has 2 aromatic carbocycles. The van der Waals surface area contributed by atoms with E-state index in [1.807, 2.05) is 17.9 Å². The van der Waals surface area contributed by atoms with Crippen molar-refractivity contribution < 1.29 is 13.6 Å². The first-order valence-electron chi connectivity index (χ1n) is 9.57. The van der Waals surface area contributed by atoms with Crippen LogP contribution in [0.2, 0.25) is 0 Å². The number of halogens is 1. The van der Waals surface area contributed by atoms with E-state index in [0.29, 0.717) is 6.04 Å². The van der Waals surface area contributed by atoms with Crippen LogP contribution in [0.25, 0.3) is 22.2 Å². The van der Waals surface area contributed by atoms with Gasteiger partial charge in [-0.25, -0.2) is 9.37 Å². The van der Waals surface area contributed by atoms with Crippen molar-refractivity contribution in [3.8, 4) is 11.1 Å². The van der Waals surface area contributed by atoms with Crippen LogP contribution < -0.4 is 0 Å². The van der Waals surface area contributed by atoms with Crippen molar-refractivity contribution in [3.05, 3.63) is 53.7 Å². The van der Waals surface area contributed by atoms with Crippen LogP contribution in [0, 0.1) is 5.82 Å². The van der Waals surface area contributed by atoms with E-state index in [-0.39, 0.29) is 5.82 Å². The van der Waals surface area contributed by atoms with Gasteiger partial charge in [0, 0.05) is 19.0 Å². The van der Waals surface area contributed by atoms with Gasteiger partial charge in [0.1, 0.15) is 11.3 Å². The second kappa shape index (κ2) is 7.51. The highest BCUT2D eigenvalue weighted by atomic mass is 19.1. The van der Waals surface area contributed by atoms with Crippen LogP contribution in [0.1, 0.15) is 37.6 Å². The van der Waals surface area contributed by atoms with Gasteiger partial charge < -0.3 is 9.32 Å². The van der Waals surface area contributed by atoms with Gasteiger partial charge in [-0.15, -0.1) is 0 Å². The first-order valence-corrected chi connectivity index (χ1v) is 9.57. The van der Waals surface area contributed by atoms with Gasteiger partial charge in [0.05, 0.1) is 0 Å². The van der Waals surface area contributed by atoms with E-state index in [0.717, 1.165) is 78.7 Å². The second-order valence-electron chi connectivity index (χ2n) is 7.13. The molecule has 0 saturated heterocycles. The largest absolute Gasteiger partial charge is 0.440 e. The third-order valence-electron chi connectivity index (χ3n) is 5.10. The minimum atomic E-state index is -0.246. The van der Waals surface area contributed by atoms with Gasteiger partial charge in [-0.3, -0.25) is 4.79 Å². The van der Waals surface area contributed by atoms with Crippen molar-refractivity contribution >= 4 is 17.5 Å². The number of carbonyl (C=O) groups excluding carboxylic acids is 1. The molecule has 0 radical (unpaired) electrons. The Morgan fingerprint density at radius 1 is 1.22 bits per heavy atom. The maximum Gasteiger partial charge on any atom is 0.209 e. The normalized spacial score (nSPS) is 13.9. The molecular weight excluding hydrogens is 343 g/mol. The molecule has 1 fully saturated rings. The van der Waals surface area contributed by atoms with Crippen LogP contribution >= 0.6 is 0 Å². The average Bonchev–Trinajstić information content (AvgIpc) is 3.43. The molecular formula is C22H23FN2O2. The summed E-state index contributed by atoms with van der Waals surface area (Å²) < 4.78 is 19.2. The molecule has 1 saturated carbocycles. The number of oxazole rings is 1. The summed E-state index contributed by atoms with van der Waals surface area (Å²) in [5.41, 5.74) is 4.69. The molecule has 1 aliphatic rings. The standard InChI is InChI=1S/C22H23FN2O2/c1-2-21-24-20-13-17(15-5-7-18(23)8-6-15)12-16(22(20)27-21)4-3-11-25(14-26)19-9-10-19/h5-8,12-14,19H,2-4,9-11H2,1H3. The lowest BCUT2D eigenvalue weighted by molar-refractivity contribution is -0.118. The highest BCUT2D eigenvalue weighted by Gasteiger charge is 2.27. The molecule has 3 aromatic rings. The number of hydrogen-bond acceptors (Lipinski definition) is 3. The summed E-state index contributed by atoms with van der Waals surface area (Å²) in [6, 6.07) is 11.0. The van der Waals surface area contributed by atoms with Crippen LogP contribution in [0.5, 0.6) is 0 Å². The number of benzene rings is 2. The summed E-state index contributed by atoms with van der Waals surface area (Å²) in [4.78, 5) is 17.7. The number of fused-ring (bicyclic) bond motifs is 1. The molecule has 0 N–H and O–H groups in total. The van der Waals surface area contributed by atoms with Crippen LogP contribution in [-0.2, 0) is 17.6 Å². The smallest absolute Gasteiger partial charge is 0.209 e. The molecule has 1 aromatic heterocycles. The molecule has 0 spiro atoms. The van der Waals surface area contributed by atoms with Gasteiger partial charge in [-0.2, -0.15) is 0 Å². The van der Waals surface area contributed by atoms with Crippen LogP contribution in [0.15, 0.2) is 40.8 Å². The number of aromatic nitrogens is 1. The summed E-state index contributed by atoms with van der Waals surface area (Å²) in [5, 5.41) is 0. The lowest BCUT2D eigenvalue weighted by Crippen LogP contribution is -2.25. The van der Waals surface area contributed by atoms with E-state index >= 15 is 0 Å². The Kier molecular flexibility index (Phi) is 4.92. The predicted octanol–water partition coefficient (Wildman–Crippen LogP) is 4.75. The zero-order valence-electron chi connectivity index (χ0n) is 15.5. The Bertz CT molecular complexity index is 945. The van der Waals surface area contributed by atoms with Crippen molar-refractivity contribution in [2.24, 2.45) is 0 Å². The molecule has 0 bridgehead atoms. The average molecular weight is 366 g/mol. The van der Waals surface area contributed by atoms with Gasteiger partial charge in [-0.05, 0) is 66.6 Å². The van der Waals surface area contributed by atoms with Gasteiger partial charge in [0.2, 0.25) is 6.41 Å². The van der Waals surface area contributed by atoms with Crippen LogP contribution in [0.4, 0.5) is 4.39 Å². The van der Waals surface area contributed by atoms with Crippen LogP contribution in [-0.4, -0.2) is 28.9 Å². The Morgan fingerprint density at radius 2 is 2.00 bits per heavy atom. The van der Waals surface area contributed by atoms with Crippen molar-refractivity contribution in [1.29, 1.82) is 0 Å². The Balaban J connectivity index is 1.63. The lowest BCUT2D eigenvalue weighted by atomic mass is 9.99. The fourth-order valence-corrected chi connectivity index (χ4v) is 3.47. The summed E-state index contributed by atoms with van der Waals surface area (Å²) in [6.07, 6.45) is 5.61. The van der Waals surface area contributed by atoms with E-state index in [1.54, 1.807) is 12.1 Å². The van der Waals surface area contributed by atoms with Crippen molar-refractivity contribution in [3.63, 3.8) is 0 Å². The number of aryl methyl sites for hydroxylation is 2. The molecule has 0 atom stereocenters. The monoisotopic (exact) mass is 366 g/mol. The molecule has 4 rings (SSSR count). The first-order chi connectivity index (χ1) is 13.2. The quantitative estimate of drug-likeness (QED) is 0.541. The van der Waals surface area contributed by atoms with E-state index in [4.69, 9.17) is 4.42 Å². The minimum absolute atomic E-state index is 0.246. The molecule has 1 heterocycles. The molecule has 140 valence electrons. The molecule has 0 aliphatic heterocycles. The summed E-state index contributed by atoms with van der Waals surface area (Å²) in [7, 11) is 0. The maximum atomic E-state index is 13.3. The number of rotatable bonds is 8. The number of hydrogen-bond donors (Lipinski definition) is 0. The molecule has 27 heavy (non-hydrogen) atoms. The lowest BCUT2D eigenvalue weighted by Gasteiger charge is -2.16. The van der Waals surface area contributed by atoms with Gasteiger partial charge in [0.25, 0.3) is 0 Å². The maximum absolute atomic E-state index is 13.3. The third-order valence-corrected chi connectivity index (χ3v) is 5.10. The van der Waals surface area contributed by atoms with Crippen LogP contribution in [0.3, 0.4) is 0 Å². The molecule has 4 nitrogen and oxygen atoms in total. The highest BCUT2D eigenvalue weighted by molar-refractivity contribution is 5.83. The van der Waals surface area contributed by atoms with Crippen molar-refractivity contribution in [1.82, 2.24) is 9.88 Å². The summed E-state index contributed by atoms with van der Waals surface area (Å²) in [6.45, 7) is 2.77. The van der Waals surface area contributed by atoms with Crippen molar-refractivity contribution in [2.75, 3.05) is 6.54 Å². The van der Waals surface area contributed by atoms with Crippen molar-refractivity contribution in [2.45, 2.75) is 45.1 Å². The second-order valence-corrected chi connectivity index (χ2v) is 7.13. The highest BCUT2D eigenvalue weighted by Crippen LogP contribution is 2.30. The molecule has 5 heteroatoms. The Morgan fingerprint density at radius 3 is 2.67 bits per heavy atom. The fourth-order valence-electron chi connectivity index (χ4n) is 3.47. The van der Waals surface area contributed by atoms with Gasteiger partial charge >= 0.3 is 0 Å². The molecule has 1 amide bonds. The first kappa shape index (κ1) is 17.7. The van der Waals surface area contributed by atoms with Gasteiger partial charge in [0.15, 0.2) is 11.5 Å². The Labute approximate surface area is 158 Å². The topological polar surface area (TPSA) is 46.3 Å². The summed E-state index contributed by atoms with van der Waals surface area (Å²) in [5.74, 6) is 0.471. The minimum Gasteiger partial charge on any atom is -0.440 e. The SMILES string of the molecule is CCc1nc2cc(-c3ccc(F)cc3)cc(CCCN(C=O)C3CC3)c2o1. The fraction of sp³-hybridized carbons (Fsp3) is 0.364. The summed E-state index contributed by atoms with van der Waals surface area (Å²) >= 11 is 0. The number of nitrogens with zero attached hydrogens (tertiary/aromatic N) is 2. The van der Waals surface area contributed by atoms with Gasteiger partial charge in [-0.1, -0.05) is 19.1 Å². The number of carbonyl (C=O) groups is 1. The molecule has 0 unspecified atom stereocenters.